The Bertz CT molecular complexity index is 892. The van der Waals surface area contributed by atoms with E-state index in [1.165, 1.54) is 41.9 Å². The summed E-state index contributed by atoms with van der Waals surface area (Å²) in [5.41, 5.74) is 1.20. The van der Waals surface area contributed by atoms with Gasteiger partial charge in [0.25, 0.3) is 5.91 Å². The van der Waals surface area contributed by atoms with Crippen molar-refractivity contribution >= 4 is 46.1 Å². The van der Waals surface area contributed by atoms with Gasteiger partial charge in [0.2, 0.25) is 5.91 Å². The number of aryl methyl sites for hydroxylation is 2. The number of rotatable bonds is 7. The fraction of sp³-hybridized carbons (Fsp3) is 0.550. The lowest BCUT2D eigenvalue weighted by molar-refractivity contribution is -0.155. The lowest BCUT2D eigenvalue weighted by Crippen LogP contribution is -2.60. The van der Waals surface area contributed by atoms with E-state index in [0.717, 1.165) is 17.8 Å². The van der Waals surface area contributed by atoms with Crippen molar-refractivity contribution in [2.75, 3.05) is 33.4 Å². The molecule has 0 radical (unpaired) electrons. The molecule has 162 valence electrons. The second-order valence-corrected chi connectivity index (χ2v) is 10.2. The fourth-order valence-corrected chi connectivity index (χ4v) is 5.89. The van der Waals surface area contributed by atoms with E-state index in [-0.39, 0.29) is 25.0 Å². The SMILES string of the molecule is COC[C@H]1C(=O)N(Cc2nc3c(s2)CCCC3)CCN1C(=O)COc1ccc(Cl)s1. The van der Waals surface area contributed by atoms with Gasteiger partial charge in [0, 0.05) is 25.1 Å². The van der Waals surface area contributed by atoms with Crippen molar-refractivity contribution in [3.8, 4) is 5.06 Å². The summed E-state index contributed by atoms with van der Waals surface area (Å²) in [4.78, 5) is 35.3. The number of fused-ring (bicyclic) bond motifs is 1. The molecule has 0 saturated carbocycles. The highest BCUT2D eigenvalue weighted by Crippen LogP contribution is 2.29. The third kappa shape index (κ3) is 4.80. The van der Waals surface area contributed by atoms with Gasteiger partial charge in [-0.3, -0.25) is 9.59 Å². The summed E-state index contributed by atoms with van der Waals surface area (Å²) in [6.07, 6.45) is 4.52. The van der Waals surface area contributed by atoms with Gasteiger partial charge in [-0.25, -0.2) is 4.98 Å². The highest BCUT2D eigenvalue weighted by molar-refractivity contribution is 7.17. The summed E-state index contributed by atoms with van der Waals surface area (Å²) in [7, 11) is 1.54. The molecular weight excluding hydrogens is 446 g/mol. The Kier molecular flexibility index (Phi) is 6.92. The van der Waals surface area contributed by atoms with E-state index in [1.54, 1.807) is 33.3 Å². The zero-order chi connectivity index (χ0) is 21.1. The predicted molar refractivity (Wildman–Crippen MR) is 116 cm³/mol. The predicted octanol–water partition coefficient (Wildman–Crippen LogP) is 3.00. The quantitative estimate of drug-likeness (QED) is 0.623. The number of hydrogen-bond acceptors (Lipinski definition) is 7. The van der Waals surface area contributed by atoms with E-state index in [9.17, 15) is 9.59 Å². The Morgan fingerprint density at radius 1 is 1.27 bits per heavy atom. The molecule has 1 atom stereocenters. The monoisotopic (exact) mass is 469 g/mol. The van der Waals surface area contributed by atoms with Gasteiger partial charge in [0.1, 0.15) is 11.0 Å². The third-order valence-corrected chi connectivity index (χ3v) is 7.62. The van der Waals surface area contributed by atoms with Gasteiger partial charge in [-0.1, -0.05) is 22.9 Å². The van der Waals surface area contributed by atoms with Crippen molar-refractivity contribution in [1.82, 2.24) is 14.8 Å². The molecule has 0 bridgehead atoms. The number of nitrogens with zero attached hydrogens (tertiary/aromatic N) is 3. The van der Waals surface area contributed by atoms with Gasteiger partial charge in [0.05, 0.1) is 23.2 Å². The first-order chi connectivity index (χ1) is 14.5. The number of amides is 2. The van der Waals surface area contributed by atoms with Crippen molar-refractivity contribution in [3.63, 3.8) is 0 Å². The van der Waals surface area contributed by atoms with Crippen LogP contribution in [-0.4, -0.2) is 66.1 Å². The minimum absolute atomic E-state index is 0.108. The lowest BCUT2D eigenvalue weighted by atomic mass is 10.0. The van der Waals surface area contributed by atoms with Gasteiger partial charge in [0.15, 0.2) is 11.7 Å². The van der Waals surface area contributed by atoms with E-state index >= 15 is 0 Å². The topological polar surface area (TPSA) is 72.0 Å². The Morgan fingerprint density at radius 2 is 2.10 bits per heavy atom. The van der Waals surface area contributed by atoms with Gasteiger partial charge >= 0.3 is 0 Å². The number of hydrogen-bond donors (Lipinski definition) is 0. The van der Waals surface area contributed by atoms with Gasteiger partial charge in [-0.2, -0.15) is 0 Å². The molecule has 1 fully saturated rings. The van der Waals surface area contributed by atoms with Crippen LogP contribution in [0.1, 0.15) is 28.4 Å². The molecule has 0 aromatic carbocycles. The van der Waals surface area contributed by atoms with Crippen molar-refractivity contribution in [1.29, 1.82) is 0 Å². The second kappa shape index (κ2) is 9.64. The van der Waals surface area contributed by atoms with Crippen LogP contribution in [0.5, 0.6) is 5.06 Å². The molecule has 2 aliphatic rings. The number of carbonyl (C=O) groups excluding carboxylic acids is 2. The van der Waals surface area contributed by atoms with Crippen LogP contribution in [-0.2, 0) is 33.7 Å². The zero-order valence-corrected chi connectivity index (χ0v) is 19.2. The van der Waals surface area contributed by atoms with Crippen molar-refractivity contribution < 1.29 is 19.1 Å². The van der Waals surface area contributed by atoms with E-state index < -0.39 is 6.04 Å². The first-order valence-corrected chi connectivity index (χ1v) is 12.0. The molecule has 0 N–H and O–H groups in total. The molecule has 0 unspecified atom stereocenters. The molecule has 4 rings (SSSR count). The molecule has 7 nitrogen and oxygen atoms in total. The molecule has 10 heteroatoms. The smallest absolute Gasteiger partial charge is 0.261 e. The number of piperazine rings is 1. The maximum atomic E-state index is 13.1. The first-order valence-electron chi connectivity index (χ1n) is 9.98. The summed E-state index contributed by atoms with van der Waals surface area (Å²) >= 11 is 8.88. The van der Waals surface area contributed by atoms with Gasteiger partial charge < -0.3 is 19.3 Å². The second-order valence-electron chi connectivity index (χ2n) is 7.35. The minimum Gasteiger partial charge on any atom is -0.474 e. The van der Waals surface area contributed by atoms with E-state index in [0.29, 0.717) is 29.0 Å². The molecule has 2 amide bonds. The van der Waals surface area contributed by atoms with Crippen molar-refractivity contribution in [2.45, 2.75) is 38.3 Å². The number of thiazole rings is 1. The van der Waals surface area contributed by atoms with Crippen LogP contribution >= 0.6 is 34.3 Å². The molecular formula is C20H24ClN3O4S2. The highest BCUT2D eigenvalue weighted by Gasteiger charge is 2.38. The summed E-state index contributed by atoms with van der Waals surface area (Å²) < 4.78 is 11.4. The number of halogens is 1. The standard InChI is InChI=1S/C20H24ClN3O4S2/c1-27-11-14-20(26)23(10-17-22-13-4-2-3-5-15(13)29-17)8-9-24(14)18(25)12-28-19-7-6-16(21)30-19/h6-7,14H,2-5,8-12H2,1H3/t14-/m0/s1. The van der Waals surface area contributed by atoms with Crippen LogP contribution in [0, 0.1) is 0 Å². The van der Waals surface area contributed by atoms with Crippen LogP contribution in [0.25, 0.3) is 0 Å². The third-order valence-electron chi connectivity index (χ3n) is 5.33. The summed E-state index contributed by atoms with van der Waals surface area (Å²) in [6.45, 7) is 1.42. The number of carbonyl (C=O) groups is 2. The molecule has 2 aromatic rings. The van der Waals surface area contributed by atoms with Crippen LogP contribution in [0.4, 0.5) is 0 Å². The molecule has 1 aliphatic carbocycles. The van der Waals surface area contributed by atoms with Gasteiger partial charge in [-0.05, 0) is 37.8 Å². The number of methoxy groups -OCH3 is 1. The largest absolute Gasteiger partial charge is 0.474 e. The normalized spacial score (nSPS) is 19.1. The average Bonchev–Trinajstić information content (AvgIpc) is 3.34. The van der Waals surface area contributed by atoms with E-state index in [4.69, 9.17) is 26.1 Å². The summed E-state index contributed by atoms with van der Waals surface area (Å²) in [5, 5.41) is 1.55. The summed E-state index contributed by atoms with van der Waals surface area (Å²) in [5.74, 6) is -0.344. The van der Waals surface area contributed by atoms with Crippen molar-refractivity contribution in [3.05, 3.63) is 32.0 Å². The fourth-order valence-electron chi connectivity index (χ4n) is 3.84. The lowest BCUT2D eigenvalue weighted by Gasteiger charge is -2.40. The number of aromatic nitrogens is 1. The van der Waals surface area contributed by atoms with Crippen LogP contribution < -0.4 is 4.74 Å². The number of thiophene rings is 1. The molecule has 1 aliphatic heterocycles. The molecule has 1 saturated heterocycles. The first kappa shape index (κ1) is 21.5. The highest BCUT2D eigenvalue weighted by atomic mass is 35.5. The Balaban J connectivity index is 1.39. The molecule has 2 aromatic heterocycles. The van der Waals surface area contributed by atoms with E-state index in [1.807, 2.05) is 0 Å². The summed E-state index contributed by atoms with van der Waals surface area (Å²) in [6, 6.07) is 2.80. The Hall–Kier alpha value is -1.68. The molecule has 0 spiro atoms. The Morgan fingerprint density at radius 3 is 2.83 bits per heavy atom. The zero-order valence-electron chi connectivity index (χ0n) is 16.8. The minimum atomic E-state index is -0.652. The van der Waals surface area contributed by atoms with Crippen LogP contribution in [0.2, 0.25) is 4.34 Å². The number of ether oxygens (including phenoxy) is 2. The maximum absolute atomic E-state index is 13.1. The molecule has 30 heavy (non-hydrogen) atoms. The molecule has 3 heterocycles. The maximum Gasteiger partial charge on any atom is 0.261 e. The average molecular weight is 470 g/mol. The van der Waals surface area contributed by atoms with Crippen LogP contribution in [0.15, 0.2) is 12.1 Å². The Labute approximate surface area is 188 Å². The van der Waals surface area contributed by atoms with Gasteiger partial charge in [-0.15, -0.1) is 11.3 Å². The van der Waals surface area contributed by atoms with E-state index in [2.05, 4.69) is 0 Å². The van der Waals surface area contributed by atoms with Crippen molar-refractivity contribution in [2.24, 2.45) is 0 Å². The van der Waals surface area contributed by atoms with Crippen LogP contribution in [0.3, 0.4) is 0 Å².